The van der Waals surface area contributed by atoms with Crippen molar-refractivity contribution in [1.82, 2.24) is 4.98 Å². The molecule has 0 amide bonds. The third-order valence-electron chi connectivity index (χ3n) is 2.26. The maximum absolute atomic E-state index is 5.69. The molecule has 0 unspecified atom stereocenters. The van der Waals surface area contributed by atoms with Crippen molar-refractivity contribution >= 4 is 5.82 Å². The normalized spacial score (nSPS) is 11.4. The highest BCUT2D eigenvalue weighted by atomic mass is 15.2. The van der Waals surface area contributed by atoms with Gasteiger partial charge in [0.1, 0.15) is 5.82 Å². The summed E-state index contributed by atoms with van der Waals surface area (Å²) < 4.78 is 0. The Balaban J connectivity index is 2.64. The SMILES string of the molecule is CN(CC(C)(C)CN)c1ccccn1. The van der Waals surface area contributed by atoms with Crippen LogP contribution in [0.4, 0.5) is 5.82 Å². The van der Waals surface area contributed by atoms with E-state index in [9.17, 15) is 0 Å². The highest BCUT2D eigenvalue weighted by Gasteiger charge is 2.18. The molecular weight excluding hydrogens is 174 g/mol. The fourth-order valence-electron chi connectivity index (χ4n) is 1.37. The van der Waals surface area contributed by atoms with Crippen molar-refractivity contribution in [3.63, 3.8) is 0 Å². The van der Waals surface area contributed by atoms with E-state index in [1.54, 1.807) is 6.20 Å². The monoisotopic (exact) mass is 193 g/mol. The number of nitrogens with zero attached hydrogens (tertiary/aromatic N) is 2. The number of hydrogen-bond acceptors (Lipinski definition) is 3. The highest BCUT2D eigenvalue weighted by molar-refractivity contribution is 5.36. The summed E-state index contributed by atoms with van der Waals surface area (Å²) in [6, 6.07) is 5.92. The Morgan fingerprint density at radius 1 is 1.43 bits per heavy atom. The van der Waals surface area contributed by atoms with Crippen LogP contribution < -0.4 is 10.6 Å². The van der Waals surface area contributed by atoms with Crippen LogP contribution in [-0.4, -0.2) is 25.1 Å². The predicted octanol–water partition coefficient (Wildman–Crippen LogP) is 1.50. The van der Waals surface area contributed by atoms with Gasteiger partial charge in [-0.05, 0) is 24.1 Å². The van der Waals surface area contributed by atoms with Crippen molar-refractivity contribution in [2.75, 3.05) is 25.0 Å². The topological polar surface area (TPSA) is 42.1 Å². The molecule has 2 N–H and O–H groups in total. The summed E-state index contributed by atoms with van der Waals surface area (Å²) in [5.41, 5.74) is 5.82. The van der Waals surface area contributed by atoms with Crippen LogP contribution in [0.25, 0.3) is 0 Å². The molecule has 14 heavy (non-hydrogen) atoms. The molecule has 0 aliphatic heterocycles. The van der Waals surface area contributed by atoms with Gasteiger partial charge in [0.15, 0.2) is 0 Å². The molecule has 3 nitrogen and oxygen atoms in total. The van der Waals surface area contributed by atoms with Gasteiger partial charge >= 0.3 is 0 Å². The predicted molar refractivity (Wildman–Crippen MR) is 60.3 cm³/mol. The fourth-order valence-corrected chi connectivity index (χ4v) is 1.37. The molecule has 0 spiro atoms. The average Bonchev–Trinajstić information content (AvgIpc) is 2.19. The minimum Gasteiger partial charge on any atom is -0.359 e. The summed E-state index contributed by atoms with van der Waals surface area (Å²) >= 11 is 0. The van der Waals surface area contributed by atoms with Crippen LogP contribution >= 0.6 is 0 Å². The quantitative estimate of drug-likeness (QED) is 0.788. The van der Waals surface area contributed by atoms with Gasteiger partial charge in [-0.1, -0.05) is 19.9 Å². The Bertz CT molecular complexity index is 269. The van der Waals surface area contributed by atoms with Gasteiger partial charge in [0.2, 0.25) is 0 Å². The van der Waals surface area contributed by atoms with Gasteiger partial charge in [0.05, 0.1) is 0 Å². The molecular formula is C11H19N3. The van der Waals surface area contributed by atoms with Crippen LogP contribution in [0.1, 0.15) is 13.8 Å². The Morgan fingerprint density at radius 3 is 2.64 bits per heavy atom. The van der Waals surface area contributed by atoms with Crippen molar-refractivity contribution in [3.8, 4) is 0 Å². The van der Waals surface area contributed by atoms with Crippen LogP contribution in [0.3, 0.4) is 0 Å². The smallest absolute Gasteiger partial charge is 0.128 e. The Morgan fingerprint density at radius 2 is 2.14 bits per heavy atom. The minimum atomic E-state index is 0.131. The molecule has 0 atom stereocenters. The number of nitrogens with two attached hydrogens (primary N) is 1. The molecule has 0 fully saturated rings. The van der Waals surface area contributed by atoms with E-state index >= 15 is 0 Å². The maximum Gasteiger partial charge on any atom is 0.128 e. The largest absolute Gasteiger partial charge is 0.359 e. The highest BCUT2D eigenvalue weighted by Crippen LogP contribution is 2.17. The fraction of sp³-hybridized carbons (Fsp3) is 0.545. The van der Waals surface area contributed by atoms with Crippen LogP contribution in [0, 0.1) is 5.41 Å². The molecule has 0 radical (unpaired) electrons. The Labute approximate surface area is 85.9 Å². The van der Waals surface area contributed by atoms with Gasteiger partial charge in [-0.2, -0.15) is 0 Å². The van der Waals surface area contributed by atoms with E-state index in [4.69, 9.17) is 5.73 Å². The zero-order valence-electron chi connectivity index (χ0n) is 9.20. The standard InChI is InChI=1S/C11H19N3/c1-11(2,8-12)9-14(3)10-6-4-5-7-13-10/h4-7H,8-9,12H2,1-3H3. The lowest BCUT2D eigenvalue weighted by Gasteiger charge is -2.29. The first-order valence-corrected chi connectivity index (χ1v) is 4.87. The van der Waals surface area contributed by atoms with E-state index in [1.165, 1.54) is 0 Å². The molecule has 0 aliphatic carbocycles. The van der Waals surface area contributed by atoms with Crippen molar-refractivity contribution in [2.24, 2.45) is 11.1 Å². The second-order valence-corrected chi connectivity index (χ2v) is 4.41. The first-order chi connectivity index (χ1) is 6.55. The molecule has 1 aromatic rings. The molecule has 1 rings (SSSR count). The first-order valence-electron chi connectivity index (χ1n) is 4.87. The van der Waals surface area contributed by atoms with Crippen molar-refractivity contribution in [2.45, 2.75) is 13.8 Å². The zero-order valence-corrected chi connectivity index (χ0v) is 9.20. The van der Waals surface area contributed by atoms with Crippen LogP contribution in [0.2, 0.25) is 0 Å². The van der Waals surface area contributed by atoms with E-state index in [0.29, 0.717) is 6.54 Å². The summed E-state index contributed by atoms with van der Waals surface area (Å²) in [4.78, 5) is 6.41. The van der Waals surface area contributed by atoms with Crippen LogP contribution in [0.15, 0.2) is 24.4 Å². The van der Waals surface area contributed by atoms with E-state index in [-0.39, 0.29) is 5.41 Å². The summed E-state index contributed by atoms with van der Waals surface area (Å²) in [6.07, 6.45) is 1.81. The molecule has 0 aliphatic rings. The van der Waals surface area contributed by atoms with Gasteiger partial charge in [0.25, 0.3) is 0 Å². The molecule has 1 aromatic heterocycles. The molecule has 78 valence electrons. The van der Waals surface area contributed by atoms with Crippen LogP contribution in [-0.2, 0) is 0 Å². The Kier molecular flexibility index (Phi) is 3.47. The number of hydrogen-bond donors (Lipinski definition) is 1. The molecule has 0 saturated carbocycles. The molecule has 3 heteroatoms. The minimum absolute atomic E-state index is 0.131. The number of aromatic nitrogens is 1. The van der Waals surface area contributed by atoms with Gasteiger partial charge in [-0.25, -0.2) is 4.98 Å². The first kappa shape index (κ1) is 11.0. The van der Waals surface area contributed by atoms with E-state index < -0.39 is 0 Å². The molecule has 0 aromatic carbocycles. The van der Waals surface area contributed by atoms with Gasteiger partial charge in [-0.15, -0.1) is 0 Å². The number of rotatable bonds is 4. The van der Waals surface area contributed by atoms with Gasteiger partial charge < -0.3 is 10.6 Å². The third-order valence-corrected chi connectivity index (χ3v) is 2.26. The van der Waals surface area contributed by atoms with E-state index in [0.717, 1.165) is 12.4 Å². The summed E-state index contributed by atoms with van der Waals surface area (Å²) in [5.74, 6) is 0.994. The van der Waals surface area contributed by atoms with Crippen molar-refractivity contribution in [1.29, 1.82) is 0 Å². The second-order valence-electron chi connectivity index (χ2n) is 4.41. The lowest BCUT2D eigenvalue weighted by Crippen LogP contribution is -2.37. The Hall–Kier alpha value is -1.09. The summed E-state index contributed by atoms with van der Waals surface area (Å²) in [5, 5.41) is 0. The van der Waals surface area contributed by atoms with Crippen molar-refractivity contribution < 1.29 is 0 Å². The number of pyridine rings is 1. The van der Waals surface area contributed by atoms with E-state index in [1.807, 2.05) is 25.2 Å². The van der Waals surface area contributed by atoms with Gasteiger partial charge in [-0.3, -0.25) is 0 Å². The maximum atomic E-state index is 5.69. The second kappa shape index (κ2) is 4.42. The lowest BCUT2D eigenvalue weighted by molar-refractivity contribution is 0.384. The summed E-state index contributed by atoms with van der Waals surface area (Å²) in [7, 11) is 2.04. The summed E-state index contributed by atoms with van der Waals surface area (Å²) in [6.45, 7) is 5.92. The molecule has 1 heterocycles. The van der Waals surface area contributed by atoms with Crippen molar-refractivity contribution in [3.05, 3.63) is 24.4 Å². The number of anilines is 1. The molecule has 0 saturated heterocycles. The van der Waals surface area contributed by atoms with E-state index in [2.05, 4.69) is 23.7 Å². The zero-order chi connectivity index (χ0) is 10.6. The molecule has 0 bridgehead atoms. The lowest BCUT2D eigenvalue weighted by atomic mass is 9.93. The average molecular weight is 193 g/mol. The van der Waals surface area contributed by atoms with Gasteiger partial charge in [0, 0.05) is 19.8 Å². The third kappa shape index (κ3) is 3.00. The van der Waals surface area contributed by atoms with Crippen LogP contribution in [0.5, 0.6) is 0 Å².